The molecule has 3 heterocycles. The number of halogens is 1. The van der Waals surface area contributed by atoms with Crippen LogP contribution in [0, 0.1) is 5.92 Å². The summed E-state index contributed by atoms with van der Waals surface area (Å²) >= 11 is 7.63. The van der Waals surface area contributed by atoms with E-state index < -0.39 is 0 Å². The van der Waals surface area contributed by atoms with Crippen LogP contribution >= 0.6 is 23.4 Å². The van der Waals surface area contributed by atoms with E-state index in [2.05, 4.69) is 70.1 Å². The van der Waals surface area contributed by atoms with Gasteiger partial charge in [0, 0.05) is 63.8 Å². The number of piperazine rings is 1. The molecule has 1 atom stereocenters. The highest BCUT2D eigenvalue weighted by molar-refractivity contribution is 7.99. The highest BCUT2D eigenvalue weighted by Gasteiger charge is 2.29. The van der Waals surface area contributed by atoms with Crippen LogP contribution in [0.3, 0.4) is 0 Å². The number of likely N-dealkylation sites (tertiary alicyclic amines) is 1. The van der Waals surface area contributed by atoms with E-state index in [-0.39, 0.29) is 29.7 Å². The topological polar surface area (TPSA) is 81.7 Å². The van der Waals surface area contributed by atoms with Crippen LogP contribution in [-0.2, 0) is 16.1 Å². The summed E-state index contributed by atoms with van der Waals surface area (Å²) in [7, 11) is 0. The molecule has 0 radical (unpaired) electrons. The van der Waals surface area contributed by atoms with Crippen molar-refractivity contribution in [2.45, 2.75) is 63.8 Å². The lowest BCUT2D eigenvalue weighted by Crippen LogP contribution is -2.54. The third-order valence-electron chi connectivity index (χ3n) is 7.05. The quantitative estimate of drug-likeness (QED) is 0.282. The zero-order valence-electron chi connectivity index (χ0n) is 22.6. The first-order chi connectivity index (χ1) is 18.3. The number of nitrogens with one attached hydrogen (secondary N) is 1. The average Bonchev–Trinajstić information content (AvgIpc) is 2.88. The molecule has 206 valence electrons. The molecule has 1 unspecified atom stereocenters. The molecule has 38 heavy (non-hydrogen) atoms. The van der Waals surface area contributed by atoms with Crippen LogP contribution in [0.25, 0.3) is 0 Å². The van der Waals surface area contributed by atoms with Crippen molar-refractivity contribution in [3.8, 4) is 0 Å². The number of piperidine rings is 1. The van der Waals surface area contributed by atoms with Gasteiger partial charge in [-0.25, -0.2) is 9.97 Å². The van der Waals surface area contributed by atoms with E-state index in [1.54, 1.807) is 6.07 Å². The molecule has 1 N–H and O–H groups in total. The van der Waals surface area contributed by atoms with E-state index >= 15 is 0 Å². The summed E-state index contributed by atoms with van der Waals surface area (Å²) in [6.07, 6.45) is 2.47. The van der Waals surface area contributed by atoms with E-state index in [4.69, 9.17) is 11.6 Å². The number of nitrogens with zero attached hydrogens (tertiary/aromatic N) is 5. The fraction of sp³-hybridized carbons (Fsp3) is 0.571. The lowest BCUT2D eigenvalue weighted by molar-refractivity contribution is -0.134. The summed E-state index contributed by atoms with van der Waals surface area (Å²) in [5, 5.41) is 4.03. The fourth-order valence-corrected chi connectivity index (χ4v) is 5.98. The highest BCUT2D eigenvalue weighted by atomic mass is 35.5. The van der Waals surface area contributed by atoms with E-state index in [1.165, 1.54) is 17.3 Å². The van der Waals surface area contributed by atoms with Gasteiger partial charge in [0.15, 0.2) is 5.16 Å². The molecule has 2 aliphatic rings. The molecule has 0 spiro atoms. The minimum absolute atomic E-state index is 0.00691. The van der Waals surface area contributed by atoms with Gasteiger partial charge in [-0.3, -0.25) is 14.5 Å². The van der Waals surface area contributed by atoms with Gasteiger partial charge in [0.25, 0.3) is 0 Å². The number of carbonyl (C=O) groups is 2. The van der Waals surface area contributed by atoms with Gasteiger partial charge in [-0.05, 0) is 31.2 Å². The summed E-state index contributed by atoms with van der Waals surface area (Å²) in [4.78, 5) is 40.8. The number of hydrogen-bond donors (Lipinski definition) is 1. The van der Waals surface area contributed by atoms with Crippen molar-refractivity contribution in [2.24, 2.45) is 5.92 Å². The van der Waals surface area contributed by atoms with Crippen molar-refractivity contribution < 1.29 is 9.59 Å². The van der Waals surface area contributed by atoms with Crippen LogP contribution < -0.4 is 10.2 Å². The van der Waals surface area contributed by atoms with Gasteiger partial charge in [-0.1, -0.05) is 67.5 Å². The van der Waals surface area contributed by atoms with Crippen molar-refractivity contribution in [2.75, 3.05) is 43.4 Å². The van der Waals surface area contributed by atoms with Gasteiger partial charge in [-0.15, -0.1) is 0 Å². The second-order valence-electron chi connectivity index (χ2n) is 10.7. The van der Waals surface area contributed by atoms with Gasteiger partial charge < -0.3 is 15.1 Å². The summed E-state index contributed by atoms with van der Waals surface area (Å²) in [6.45, 7) is 11.1. The molecule has 1 aromatic carbocycles. The number of hydrogen-bond acceptors (Lipinski definition) is 7. The molecule has 2 amide bonds. The predicted molar refractivity (Wildman–Crippen MR) is 153 cm³/mol. The first kappa shape index (κ1) is 28.6. The minimum atomic E-state index is -0.00691. The van der Waals surface area contributed by atoms with Gasteiger partial charge in [-0.2, -0.15) is 0 Å². The summed E-state index contributed by atoms with van der Waals surface area (Å²) in [6, 6.07) is 12.5. The monoisotopic (exact) mass is 558 g/mol. The molecule has 10 heteroatoms. The SMILES string of the molecule is CC(C)CC(=O)N1CCN(c2cc(Cl)nc(SCC(=O)NC3CCN(Cc4ccccc4)CC3)n2)CC1C. The normalized spacial score (nSPS) is 19.1. The summed E-state index contributed by atoms with van der Waals surface area (Å²) in [5.41, 5.74) is 1.32. The standard InChI is InChI=1S/C28H39ClN6O2S/c1-20(2)15-27(37)35-14-13-34(17-21(35)3)25-16-24(29)31-28(32-25)38-19-26(36)30-23-9-11-33(12-10-23)18-22-7-5-4-6-8-22/h4-8,16,20-21,23H,9-15,17-19H2,1-3H3,(H,30,36). The number of thioether (sulfide) groups is 1. The van der Waals surface area contributed by atoms with Crippen LogP contribution in [0.15, 0.2) is 41.6 Å². The molecular weight excluding hydrogens is 520 g/mol. The van der Waals surface area contributed by atoms with Crippen LogP contribution in [0.5, 0.6) is 0 Å². The Morgan fingerprint density at radius 1 is 1.11 bits per heavy atom. The summed E-state index contributed by atoms with van der Waals surface area (Å²) in [5.74, 6) is 1.53. The first-order valence-electron chi connectivity index (χ1n) is 13.5. The number of anilines is 1. The van der Waals surface area contributed by atoms with Gasteiger partial charge in [0.1, 0.15) is 11.0 Å². The Hall–Kier alpha value is -2.36. The zero-order chi connectivity index (χ0) is 27.1. The molecule has 2 saturated heterocycles. The van der Waals surface area contributed by atoms with Gasteiger partial charge in [0.2, 0.25) is 11.8 Å². The van der Waals surface area contributed by atoms with Crippen molar-refractivity contribution in [3.05, 3.63) is 47.1 Å². The lowest BCUT2D eigenvalue weighted by atomic mass is 10.0. The molecular formula is C28H39ClN6O2S. The molecule has 0 aliphatic carbocycles. The Morgan fingerprint density at radius 2 is 1.84 bits per heavy atom. The molecule has 0 saturated carbocycles. The Labute approximate surface area is 235 Å². The minimum Gasteiger partial charge on any atom is -0.353 e. The zero-order valence-corrected chi connectivity index (χ0v) is 24.2. The molecule has 4 rings (SSSR count). The molecule has 8 nitrogen and oxygen atoms in total. The van der Waals surface area contributed by atoms with E-state index in [1.807, 2.05) is 11.0 Å². The van der Waals surface area contributed by atoms with Crippen LogP contribution in [0.4, 0.5) is 5.82 Å². The number of benzene rings is 1. The van der Waals surface area contributed by atoms with Crippen molar-refractivity contribution in [1.29, 1.82) is 0 Å². The lowest BCUT2D eigenvalue weighted by Gasteiger charge is -2.40. The molecule has 1 aromatic heterocycles. The average molecular weight is 559 g/mol. The van der Waals surface area contributed by atoms with E-state index in [0.29, 0.717) is 42.3 Å². The van der Waals surface area contributed by atoms with Crippen LogP contribution in [0.2, 0.25) is 5.15 Å². The fourth-order valence-electron chi connectivity index (χ4n) is 5.09. The van der Waals surface area contributed by atoms with Crippen molar-refractivity contribution in [1.82, 2.24) is 25.1 Å². The molecule has 2 aromatic rings. The van der Waals surface area contributed by atoms with Crippen molar-refractivity contribution >= 4 is 41.0 Å². The highest BCUT2D eigenvalue weighted by Crippen LogP contribution is 2.25. The van der Waals surface area contributed by atoms with E-state index in [0.717, 1.165) is 38.3 Å². The first-order valence-corrected chi connectivity index (χ1v) is 14.9. The number of carbonyl (C=O) groups excluding carboxylic acids is 2. The number of amides is 2. The third kappa shape index (κ3) is 8.32. The second-order valence-corrected chi connectivity index (χ2v) is 12.0. The Morgan fingerprint density at radius 3 is 2.53 bits per heavy atom. The molecule has 2 fully saturated rings. The Balaban J connectivity index is 1.23. The van der Waals surface area contributed by atoms with Crippen molar-refractivity contribution in [3.63, 3.8) is 0 Å². The second kappa shape index (κ2) is 13.6. The third-order valence-corrected chi connectivity index (χ3v) is 8.09. The maximum atomic E-state index is 12.7. The largest absolute Gasteiger partial charge is 0.353 e. The summed E-state index contributed by atoms with van der Waals surface area (Å²) < 4.78 is 0. The van der Waals surface area contributed by atoms with Gasteiger partial charge >= 0.3 is 0 Å². The molecule has 2 aliphatic heterocycles. The Bertz CT molecular complexity index is 1080. The predicted octanol–water partition coefficient (Wildman–Crippen LogP) is 4.09. The Kier molecular flexibility index (Phi) is 10.3. The smallest absolute Gasteiger partial charge is 0.230 e. The number of aromatic nitrogens is 2. The molecule has 0 bridgehead atoms. The van der Waals surface area contributed by atoms with Gasteiger partial charge in [0.05, 0.1) is 5.75 Å². The maximum Gasteiger partial charge on any atom is 0.230 e. The number of rotatable bonds is 9. The van der Waals surface area contributed by atoms with Crippen LogP contribution in [0.1, 0.15) is 45.6 Å². The van der Waals surface area contributed by atoms with Crippen LogP contribution in [-0.4, -0.2) is 82.1 Å². The maximum absolute atomic E-state index is 12.7. The van der Waals surface area contributed by atoms with E-state index in [9.17, 15) is 9.59 Å².